The molecule has 0 aliphatic carbocycles. The number of amides is 1. The van der Waals surface area contributed by atoms with Crippen LogP contribution in [0.5, 0.6) is 0 Å². The Balaban J connectivity index is 2.92. The van der Waals surface area contributed by atoms with Gasteiger partial charge in [0.25, 0.3) is 0 Å². The molecule has 6 heteroatoms. The number of benzene rings is 1. The van der Waals surface area contributed by atoms with E-state index < -0.39 is 5.97 Å². The van der Waals surface area contributed by atoms with Crippen LogP contribution in [0.2, 0.25) is 0 Å². The third kappa shape index (κ3) is 4.35. The number of carbonyl (C=O) groups excluding carboxylic acids is 1. The van der Waals surface area contributed by atoms with Crippen molar-refractivity contribution in [1.82, 2.24) is 4.90 Å². The highest BCUT2D eigenvalue weighted by Crippen LogP contribution is 2.15. The molecule has 0 radical (unpaired) electrons. The molecule has 0 atom stereocenters. The summed E-state index contributed by atoms with van der Waals surface area (Å²) in [5, 5.41) is 17.8. The number of likely N-dealkylation sites (N-methyl/N-ethyl adjacent to an activating group) is 1. The average molecular weight is 266 g/mol. The first kappa shape index (κ1) is 15.1. The van der Waals surface area contributed by atoms with Gasteiger partial charge in [-0.25, -0.2) is 4.79 Å². The van der Waals surface area contributed by atoms with Crippen LogP contribution in [0.4, 0.5) is 5.69 Å². The van der Waals surface area contributed by atoms with Gasteiger partial charge in [-0.05, 0) is 38.4 Å². The fourth-order valence-corrected chi connectivity index (χ4v) is 1.64. The molecular formula is C13H18N2O4. The lowest BCUT2D eigenvalue weighted by Crippen LogP contribution is -2.39. The van der Waals surface area contributed by atoms with Crippen LogP contribution < -0.4 is 4.90 Å². The number of anilines is 1. The van der Waals surface area contributed by atoms with Crippen molar-refractivity contribution in [2.45, 2.75) is 0 Å². The zero-order valence-electron chi connectivity index (χ0n) is 11.0. The second-order valence-electron chi connectivity index (χ2n) is 4.36. The maximum atomic E-state index is 12.0. The largest absolute Gasteiger partial charge is 0.478 e. The molecule has 2 N–H and O–H groups in total. The van der Waals surface area contributed by atoms with Crippen molar-refractivity contribution >= 4 is 17.6 Å². The smallest absolute Gasteiger partial charge is 0.335 e. The molecule has 6 nitrogen and oxygen atoms in total. The molecule has 0 heterocycles. The van der Waals surface area contributed by atoms with Crippen molar-refractivity contribution in [3.8, 4) is 0 Å². The van der Waals surface area contributed by atoms with Crippen LogP contribution in [0, 0.1) is 0 Å². The van der Waals surface area contributed by atoms with Crippen molar-refractivity contribution in [2.75, 3.05) is 38.7 Å². The third-order valence-corrected chi connectivity index (χ3v) is 2.50. The van der Waals surface area contributed by atoms with Crippen LogP contribution >= 0.6 is 0 Å². The summed E-state index contributed by atoms with van der Waals surface area (Å²) in [5.41, 5.74) is 0.735. The summed E-state index contributed by atoms with van der Waals surface area (Å²) < 4.78 is 0. The lowest BCUT2D eigenvalue weighted by atomic mass is 10.2. The summed E-state index contributed by atoms with van der Waals surface area (Å²) in [7, 11) is 3.56. The molecule has 0 unspecified atom stereocenters. The quantitative estimate of drug-likeness (QED) is 0.772. The number of carbonyl (C=O) groups is 2. The highest BCUT2D eigenvalue weighted by atomic mass is 16.4. The van der Waals surface area contributed by atoms with E-state index in [9.17, 15) is 9.59 Å². The fourth-order valence-electron chi connectivity index (χ4n) is 1.64. The van der Waals surface area contributed by atoms with Crippen LogP contribution in [0.3, 0.4) is 0 Å². The molecule has 104 valence electrons. The zero-order valence-corrected chi connectivity index (χ0v) is 11.0. The van der Waals surface area contributed by atoms with E-state index in [1.165, 1.54) is 17.0 Å². The number of rotatable bonds is 6. The SMILES string of the molecule is CN(C)CC(=O)N(CCO)c1ccc(C(=O)O)cc1. The van der Waals surface area contributed by atoms with E-state index in [0.717, 1.165) is 0 Å². The van der Waals surface area contributed by atoms with Gasteiger partial charge in [0.05, 0.1) is 18.7 Å². The topological polar surface area (TPSA) is 81.1 Å². The Morgan fingerprint density at radius 1 is 1.16 bits per heavy atom. The summed E-state index contributed by atoms with van der Waals surface area (Å²) >= 11 is 0. The number of nitrogens with zero attached hydrogens (tertiary/aromatic N) is 2. The van der Waals surface area contributed by atoms with Gasteiger partial charge in [0.15, 0.2) is 0 Å². The van der Waals surface area contributed by atoms with Gasteiger partial charge in [-0.1, -0.05) is 0 Å². The van der Waals surface area contributed by atoms with Crippen LogP contribution in [-0.4, -0.2) is 60.8 Å². The minimum atomic E-state index is -1.01. The predicted octanol–water partition coefficient (Wildman–Crippen LogP) is 0.272. The lowest BCUT2D eigenvalue weighted by Gasteiger charge is -2.23. The van der Waals surface area contributed by atoms with Gasteiger partial charge >= 0.3 is 5.97 Å². The Bertz CT molecular complexity index is 442. The van der Waals surface area contributed by atoms with E-state index in [-0.39, 0.29) is 31.2 Å². The van der Waals surface area contributed by atoms with Gasteiger partial charge in [-0.15, -0.1) is 0 Å². The number of aliphatic hydroxyl groups excluding tert-OH is 1. The summed E-state index contributed by atoms with van der Waals surface area (Å²) in [5.74, 6) is -1.16. The van der Waals surface area contributed by atoms with E-state index in [4.69, 9.17) is 10.2 Å². The maximum Gasteiger partial charge on any atom is 0.335 e. The molecular weight excluding hydrogens is 248 g/mol. The van der Waals surface area contributed by atoms with Crippen LogP contribution in [-0.2, 0) is 4.79 Å². The summed E-state index contributed by atoms with van der Waals surface area (Å²) in [6, 6.07) is 6.00. The van der Waals surface area contributed by atoms with Gasteiger partial charge in [-0.3, -0.25) is 4.79 Å². The van der Waals surface area contributed by atoms with Crippen molar-refractivity contribution in [2.24, 2.45) is 0 Å². The monoisotopic (exact) mass is 266 g/mol. The Labute approximate surface area is 111 Å². The fraction of sp³-hybridized carbons (Fsp3) is 0.385. The molecule has 19 heavy (non-hydrogen) atoms. The number of carboxylic acids is 1. The van der Waals surface area contributed by atoms with Crippen LogP contribution in [0.1, 0.15) is 10.4 Å². The number of hydrogen-bond acceptors (Lipinski definition) is 4. The van der Waals surface area contributed by atoms with Crippen molar-refractivity contribution < 1.29 is 19.8 Å². The third-order valence-electron chi connectivity index (χ3n) is 2.50. The molecule has 1 rings (SSSR count). The molecule has 0 aliphatic heterocycles. The second kappa shape index (κ2) is 6.86. The average Bonchev–Trinajstić information content (AvgIpc) is 2.35. The number of aromatic carboxylic acids is 1. The summed E-state index contributed by atoms with van der Waals surface area (Å²) in [4.78, 5) is 26.0. The lowest BCUT2D eigenvalue weighted by molar-refractivity contribution is -0.119. The molecule has 0 fully saturated rings. The Morgan fingerprint density at radius 3 is 2.16 bits per heavy atom. The number of carboxylic acid groups (broad SMARTS) is 1. The van der Waals surface area contributed by atoms with Crippen molar-refractivity contribution in [1.29, 1.82) is 0 Å². The Kier molecular flexibility index (Phi) is 5.47. The Hall–Kier alpha value is -1.92. The van der Waals surface area contributed by atoms with E-state index in [1.54, 1.807) is 31.1 Å². The molecule has 1 amide bonds. The van der Waals surface area contributed by atoms with Gasteiger partial charge < -0.3 is 20.0 Å². The minimum Gasteiger partial charge on any atom is -0.478 e. The minimum absolute atomic E-state index is 0.151. The Morgan fingerprint density at radius 2 is 1.74 bits per heavy atom. The van der Waals surface area contributed by atoms with Crippen molar-refractivity contribution in [3.05, 3.63) is 29.8 Å². The van der Waals surface area contributed by atoms with Gasteiger partial charge in [0.2, 0.25) is 5.91 Å². The zero-order chi connectivity index (χ0) is 14.4. The van der Waals surface area contributed by atoms with E-state index >= 15 is 0 Å². The predicted molar refractivity (Wildman–Crippen MR) is 71.4 cm³/mol. The van der Waals surface area contributed by atoms with Gasteiger partial charge in [-0.2, -0.15) is 0 Å². The molecule has 0 aliphatic rings. The highest BCUT2D eigenvalue weighted by Gasteiger charge is 2.16. The molecule has 0 aromatic heterocycles. The van der Waals surface area contributed by atoms with Gasteiger partial charge in [0.1, 0.15) is 0 Å². The van der Waals surface area contributed by atoms with Crippen LogP contribution in [0.25, 0.3) is 0 Å². The normalized spacial score (nSPS) is 10.5. The summed E-state index contributed by atoms with van der Waals surface area (Å²) in [6.45, 7) is 0.250. The number of hydrogen-bond donors (Lipinski definition) is 2. The molecule has 0 saturated carbocycles. The molecule has 1 aromatic carbocycles. The van der Waals surface area contributed by atoms with Gasteiger partial charge in [0, 0.05) is 12.2 Å². The first-order valence-electron chi connectivity index (χ1n) is 5.85. The van der Waals surface area contributed by atoms with Crippen LogP contribution in [0.15, 0.2) is 24.3 Å². The first-order chi connectivity index (χ1) is 8.95. The van der Waals surface area contributed by atoms with E-state index in [0.29, 0.717) is 5.69 Å². The second-order valence-corrected chi connectivity index (χ2v) is 4.36. The first-order valence-corrected chi connectivity index (χ1v) is 5.85. The number of aliphatic hydroxyl groups is 1. The highest BCUT2D eigenvalue weighted by molar-refractivity contribution is 5.95. The summed E-state index contributed by atoms with van der Waals surface area (Å²) in [6.07, 6.45) is 0. The van der Waals surface area contributed by atoms with Crippen molar-refractivity contribution in [3.63, 3.8) is 0 Å². The van der Waals surface area contributed by atoms with E-state index in [1.807, 2.05) is 0 Å². The molecule has 0 saturated heterocycles. The maximum absolute atomic E-state index is 12.0. The molecule has 0 spiro atoms. The standard InChI is InChI=1S/C13H18N2O4/c1-14(2)9-12(17)15(7-8-16)11-5-3-10(4-6-11)13(18)19/h3-6,16H,7-9H2,1-2H3,(H,18,19). The molecule has 1 aromatic rings. The molecule has 0 bridgehead atoms. The van der Waals surface area contributed by atoms with E-state index in [2.05, 4.69) is 0 Å².